The summed E-state index contributed by atoms with van der Waals surface area (Å²) >= 11 is 0. The van der Waals surface area contributed by atoms with Crippen molar-refractivity contribution >= 4 is 21.5 Å². The lowest BCUT2D eigenvalue weighted by Crippen LogP contribution is -2.29. The van der Waals surface area contributed by atoms with Gasteiger partial charge in [-0.1, -0.05) is 24.3 Å². The molecule has 0 saturated heterocycles. The van der Waals surface area contributed by atoms with Gasteiger partial charge in [0.25, 0.3) is 0 Å². The monoisotopic (exact) mass is 343 g/mol. The van der Waals surface area contributed by atoms with Crippen LogP contribution in [0.3, 0.4) is 0 Å². The molecule has 0 spiro atoms. The number of halogens is 3. The lowest BCUT2D eigenvalue weighted by atomic mass is 9.95. The molecule has 2 aromatic rings. The summed E-state index contributed by atoms with van der Waals surface area (Å²) in [7, 11) is -3.93. The summed E-state index contributed by atoms with van der Waals surface area (Å²) in [6, 6.07) is 11.8. The van der Waals surface area contributed by atoms with E-state index in [2.05, 4.69) is 4.18 Å². The highest BCUT2D eigenvalue weighted by Crippen LogP contribution is 2.42. The maximum absolute atomic E-state index is 12.5. The van der Waals surface area contributed by atoms with Crippen LogP contribution in [0.4, 0.5) is 24.5 Å². The summed E-state index contributed by atoms with van der Waals surface area (Å²) in [6.07, 6.45) is 0.291. The first-order valence-electron chi connectivity index (χ1n) is 6.65. The zero-order chi connectivity index (χ0) is 16.8. The Kier molecular flexibility index (Phi) is 3.51. The van der Waals surface area contributed by atoms with Crippen LogP contribution in [0.15, 0.2) is 42.5 Å². The number of rotatable bonds is 2. The smallest absolute Gasteiger partial charge is 0.376 e. The van der Waals surface area contributed by atoms with Gasteiger partial charge in [0.2, 0.25) is 0 Å². The molecule has 0 fully saturated rings. The Morgan fingerprint density at radius 1 is 1.04 bits per heavy atom. The Balaban J connectivity index is 2.07. The van der Waals surface area contributed by atoms with Crippen molar-refractivity contribution in [2.45, 2.75) is 11.9 Å². The molecule has 0 bridgehead atoms. The molecule has 1 aliphatic heterocycles. The summed E-state index contributed by atoms with van der Waals surface area (Å²) in [5.74, 6) is -0.304. The van der Waals surface area contributed by atoms with E-state index in [1.807, 2.05) is 24.3 Å². The Labute approximate surface area is 131 Å². The van der Waals surface area contributed by atoms with E-state index in [1.165, 1.54) is 12.1 Å². The molecule has 0 aliphatic carbocycles. The quantitative estimate of drug-likeness (QED) is 0.618. The minimum Gasteiger partial charge on any atom is -0.376 e. The fourth-order valence-corrected chi connectivity index (χ4v) is 3.08. The van der Waals surface area contributed by atoms with E-state index in [1.54, 1.807) is 18.0 Å². The van der Waals surface area contributed by atoms with Crippen LogP contribution in [0.1, 0.15) is 11.1 Å². The number of anilines is 2. The molecule has 3 rings (SSSR count). The first-order chi connectivity index (χ1) is 10.7. The molecule has 1 aliphatic rings. The molecule has 2 aromatic carbocycles. The van der Waals surface area contributed by atoms with Gasteiger partial charge in [-0.25, -0.2) is 0 Å². The molecular formula is C15H12F3NO3S. The third kappa shape index (κ3) is 2.63. The number of para-hydroxylation sites is 1. The van der Waals surface area contributed by atoms with Gasteiger partial charge in [-0.2, -0.15) is 21.6 Å². The van der Waals surface area contributed by atoms with Crippen LogP contribution in [-0.2, 0) is 16.5 Å². The fraction of sp³-hybridized carbons (Fsp3) is 0.200. The topological polar surface area (TPSA) is 46.6 Å². The maximum atomic E-state index is 12.5. The normalized spacial score (nSPS) is 14.2. The van der Waals surface area contributed by atoms with Crippen molar-refractivity contribution in [3.63, 3.8) is 0 Å². The fourth-order valence-electron chi connectivity index (χ4n) is 2.60. The zero-order valence-corrected chi connectivity index (χ0v) is 12.8. The van der Waals surface area contributed by atoms with Gasteiger partial charge in [0, 0.05) is 30.4 Å². The number of benzene rings is 2. The van der Waals surface area contributed by atoms with Crippen LogP contribution in [0.25, 0.3) is 0 Å². The molecule has 1 heterocycles. The minimum atomic E-state index is -5.70. The van der Waals surface area contributed by atoms with E-state index in [4.69, 9.17) is 0 Å². The summed E-state index contributed by atoms with van der Waals surface area (Å²) in [5, 5.41) is 0. The molecule has 122 valence electrons. The summed E-state index contributed by atoms with van der Waals surface area (Å²) < 4.78 is 64.5. The predicted molar refractivity (Wildman–Crippen MR) is 79.4 cm³/mol. The van der Waals surface area contributed by atoms with Gasteiger partial charge in [0.15, 0.2) is 0 Å². The maximum Gasteiger partial charge on any atom is 0.534 e. The standard InChI is InChI=1S/C15H12F3NO3S/c1-19-12-6-3-2-5-10(12)9-11-13(19)7-4-8-14(11)22-23(20,21)15(16,17)18/h2-8H,9H2,1H3. The second kappa shape index (κ2) is 5.16. The number of hydrogen-bond donors (Lipinski definition) is 0. The Morgan fingerprint density at radius 2 is 1.70 bits per heavy atom. The van der Waals surface area contributed by atoms with E-state index in [-0.39, 0.29) is 5.75 Å². The molecule has 0 unspecified atom stereocenters. The number of hydrogen-bond acceptors (Lipinski definition) is 4. The molecule has 8 heteroatoms. The van der Waals surface area contributed by atoms with Gasteiger partial charge in [0.1, 0.15) is 5.75 Å². The molecule has 0 amide bonds. The average Bonchev–Trinajstić information content (AvgIpc) is 2.47. The van der Waals surface area contributed by atoms with Crippen molar-refractivity contribution in [1.82, 2.24) is 0 Å². The van der Waals surface area contributed by atoms with Gasteiger partial charge >= 0.3 is 15.6 Å². The lowest BCUT2D eigenvalue weighted by Gasteiger charge is -2.31. The van der Waals surface area contributed by atoms with E-state index < -0.39 is 15.6 Å². The first-order valence-corrected chi connectivity index (χ1v) is 8.06. The predicted octanol–water partition coefficient (Wildman–Crippen LogP) is 3.59. The van der Waals surface area contributed by atoms with Crippen LogP contribution >= 0.6 is 0 Å². The number of nitrogens with zero attached hydrogens (tertiary/aromatic N) is 1. The second-order valence-corrected chi connectivity index (χ2v) is 6.64. The SMILES string of the molecule is CN1c2ccccc2Cc2c(OS(=O)(=O)C(F)(F)F)cccc21. The van der Waals surface area contributed by atoms with E-state index >= 15 is 0 Å². The van der Waals surface area contributed by atoms with Gasteiger partial charge in [-0.3, -0.25) is 0 Å². The first kappa shape index (κ1) is 15.7. The van der Waals surface area contributed by atoms with Crippen molar-refractivity contribution < 1.29 is 25.8 Å². The van der Waals surface area contributed by atoms with Crippen molar-refractivity contribution in [2.24, 2.45) is 0 Å². The van der Waals surface area contributed by atoms with Gasteiger partial charge < -0.3 is 9.08 Å². The zero-order valence-electron chi connectivity index (χ0n) is 12.0. The van der Waals surface area contributed by atoms with Crippen LogP contribution < -0.4 is 9.08 Å². The second-order valence-electron chi connectivity index (χ2n) is 5.10. The molecule has 0 aromatic heterocycles. The third-order valence-electron chi connectivity index (χ3n) is 3.67. The van der Waals surface area contributed by atoms with Crippen molar-refractivity contribution in [3.8, 4) is 5.75 Å². The largest absolute Gasteiger partial charge is 0.534 e. The minimum absolute atomic E-state index is 0.291. The molecule has 23 heavy (non-hydrogen) atoms. The molecule has 0 atom stereocenters. The van der Waals surface area contributed by atoms with Gasteiger partial charge in [-0.05, 0) is 23.8 Å². The summed E-state index contributed by atoms with van der Waals surface area (Å²) in [4.78, 5) is 1.79. The molecular weight excluding hydrogens is 331 g/mol. The molecule has 0 saturated carbocycles. The molecule has 0 radical (unpaired) electrons. The van der Waals surface area contributed by atoms with Gasteiger partial charge in [-0.15, -0.1) is 0 Å². The lowest BCUT2D eigenvalue weighted by molar-refractivity contribution is -0.0500. The summed E-state index contributed by atoms with van der Waals surface area (Å²) in [5.41, 5.74) is -2.66. The molecule has 4 nitrogen and oxygen atoms in total. The van der Waals surface area contributed by atoms with Crippen LogP contribution in [-0.4, -0.2) is 21.0 Å². The van der Waals surface area contributed by atoms with E-state index in [9.17, 15) is 21.6 Å². The number of fused-ring (bicyclic) bond motifs is 2. The Bertz CT molecular complexity index is 863. The van der Waals surface area contributed by atoms with Gasteiger partial charge in [0.05, 0.1) is 0 Å². The number of alkyl halides is 3. The van der Waals surface area contributed by atoms with Crippen molar-refractivity contribution in [3.05, 3.63) is 53.6 Å². The highest BCUT2D eigenvalue weighted by Gasteiger charge is 2.49. The third-order valence-corrected chi connectivity index (χ3v) is 4.64. The average molecular weight is 343 g/mol. The molecule has 0 N–H and O–H groups in total. The van der Waals surface area contributed by atoms with E-state index in [0.717, 1.165) is 11.3 Å². The highest BCUT2D eigenvalue weighted by molar-refractivity contribution is 7.88. The van der Waals surface area contributed by atoms with Crippen LogP contribution in [0.2, 0.25) is 0 Å². The summed E-state index contributed by atoms with van der Waals surface area (Å²) in [6.45, 7) is 0. The highest BCUT2D eigenvalue weighted by atomic mass is 32.2. The van der Waals surface area contributed by atoms with Crippen molar-refractivity contribution in [2.75, 3.05) is 11.9 Å². The van der Waals surface area contributed by atoms with Crippen LogP contribution in [0, 0.1) is 0 Å². The Morgan fingerprint density at radius 3 is 2.39 bits per heavy atom. The van der Waals surface area contributed by atoms with Crippen LogP contribution in [0.5, 0.6) is 5.75 Å². The Hall–Kier alpha value is -2.22. The van der Waals surface area contributed by atoms with E-state index in [0.29, 0.717) is 17.7 Å². The van der Waals surface area contributed by atoms with Crippen molar-refractivity contribution in [1.29, 1.82) is 0 Å².